The highest BCUT2D eigenvalue weighted by Crippen LogP contribution is 2.32. The molecule has 0 bridgehead atoms. The van der Waals surface area contributed by atoms with E-state index in [0.29, 0.717) is 39.3 Å². The lowest BCUT2D eigenvalue weighted by Crippen LogP contribution is -2.21. The Labute approximate surface area is 200 Å². The first kappa shape index (κ1) is 22.4. The van der Waals surface area contributed by atoms with Gasteiger partial charge >= 0.3 is 0 Å². The van der Waals surface area contributed by atoms with Crippen LogP contribution in [0.2, 0.25) is 0 Å². The number of carbonyl (C=O) groups excluding carboxylic acids is 2. The molecule has 1 atom stereocenters. The number of nitrogens with two attached hydrogens (primary N) is 2. The second-order valence-electron chi connectivity index (χ2n) is 7.97. The molecule has 10 heteroatoms. The van der Waals surface area contributed by atoms with Gasteiger partial charge in [-0.05, 0) is 35.4 Å². The fourth-order valence-corrected chi connectivity index (χ4v) is 4.85. The molecule has 1 aliphatic rings. The van der Waals surface area contributed by atoms with Gasteiger partial charge < -0.3 is 5.73 Å². The predicted octanol–water partition coefficient (Wildman–Crippen LogP) is 2.64. The molecule has 5 rings (SSSR count). The van der Waals surface area contributed by atoms with Gasteiger partial charge in [-0.15, -0.1) is 0 Å². The van der Waals surface area contributed by atoms with Gasteiger partial charge in [0, 0.05) is 16.8 Å². The van der Waals surface area contributed by atoms with Crippen molar-refractivity contribution < 1.29 is 18.0 Å². The lowest BCUT2D eigenvalue weighted by molar-refractivity contribution is 0.0952. The lowest BCUT2D eigenvalue weighted by atomic mass is 9.95. The molecule has 1 amide bonds. The number of primary sulfonamides is 1. The fourth-order valence-electron chi connectivity index (χ4n) is 4.08. The van der Waals surface area contributed by atoms with Crippen LogP contribution in [0.1, 0.15) is 38.1 Å². The van der Waals surface area contributed by atoms with Crippen molar-refractivity contribution in [3.05, 3.63) is 102 Å². The first-order chi connectivity index (χ1) is 16.7. The van der Waals surface area contributed by atoms with Crippen molar-refractivity contribution in [2.24, 2.45) is 15.9 Å². The van der Waals surface area contributed by atoms with Gasteiger partial charge in [-0.3, -0.25) is 19.1 Å². The number of aromatic nitrogens is 2. The van der Waals surface area contributed by atoms with Crippen molar-refractivity contribution in [1.82, 2.24) is 9.55 Å². The van der Waals surface area contributed by atoms with E-state index in [4.69, 9.17) is 10.9 Å². The van der Waals surface area contributed by atoms with Crippen molar-refractivity contribution in [2.75, 3.05) is 0 Å². The maximum atomic E-state index is 13.5. The minimum absolute atomic E-state index is 0.0197. The summed E-state index contributed by atoms with van der Waals surface area (Å²) in [6.07, 6.45) is 3.05. The van der Waals surface area contributed by atoms with E-state index < -0.39 is 22.0 Å². The van der Waals surface area contributed by atoms with E-state index in [0.717, 1.165) is 0 Å². The molecule has 1 aromatic heterocycles. The number of imidazole rings is 1. The molecular formula is C25H19N5O4S. The van der Waals surface area contributed by atoms with E-state index in [1.807, 2.05) is 0 Å². The predicted molar refractivity (Wildman–Crippen MR) is 130 cm³/mol. The number of hydrogen-bond acceptors (Lipinski definition) is 6. The molecule has 0 saturated carbocycles. The maximum Gasteiger partial charge on any atom is 0.248 e. The number of sulfonamides is 1. The van der Waals surface area contributed by atoms with Crippen LogP contribution in [0, 0.1) is 0 Å². The Bertz CT molecular complexity index is 1620. The summed E-state index contributed by atoms with van der Waals surface area (Å²) in [6, 6.07) is 19.2. The smallest absolute Gasteiger partial charge is 0.248 e. The zero-order valence-electron chi connectivity index (χ0n) is 18.2. The van der Waals surface area contributed by atoms with Gasteiger partial charge in [0.05, 0.1) is 11.1 Å². The summed E-state index contributed by atoms with van der Waals surface area (Å²) in [5, 5.41) is 5.36. The molecular weight excluding hydrogens is 466 g/mol. The summed E-state index contributed by atoms with van der Waals surface area (Å²) in [4.78, 5) is 33.8. The number of carbonyl (C=O) groups is 2. The summed E-state index contributed by atoms with van der Waals surface area (Å²) in [5.41, 5.74) is 8.79. The molecule has 4 aromatic rings. The van der Waals surface area contributed by atoms with Crippen LogP contribution in [0.3, 0.4) is 0 Å². The van der Waals surface area contributed by atoms with E-state index in [-0.39, 0.29) is 10.7 Å². The second kappa shape index (κ2) is 8.42. The van der Waals surface area contributed by atoms with Crippen molar-refractivity contribution in [1.29, 1.82) is 0 Å². The Morgan fingerprint density at radius 1 is 0.971 bits per heavy atom. The Morgan fingerprint density at radius 3 is 2.43 bits per heavy atom. The largest absolute Gasteiger partial charge is 0.366 e. The van der Waals surface area contributed by atoms with Crippen LogP contribution in [0.4, 0.5) is 0 Å². The third kappa shape index (κ3) is 4.05. The van der Waals surface area contributed by atoms with Crippen molar-refractivity contribution in [2.45, 2.75) is 10.9 Å². The summed E-state index contributed by atoms with van der Waals surface area (Å²) in [7, 11) is -3.90. The van der Waals surface area contributed by atoms with Crippen molar-refractivity contribution in [3.8, 4) is 16.8 Å². The van der Waals surface area contributed by atoms with Gasteiger partial charge in [0.2, 0.25) is 21.7 Å². The topological polar surface area (TPSA) is 150 Å². The summed E-state index contributed by atoms with van der Waals surface area (Å²) in [5.74, 6) is -0.835. The van der Waals surface area contributed by atoms with Gasteiger partial charge in [-0.2, -0.15) is 0 Å². The summed E-state index contributed by atoms with van der Waals surface area (Å²) in [6.45, 7) is 0. The average molecular weight is 486 g/mol. The van der Waals surface area contributed by atoms with Gasteiger partial charge in [0.15, 0.2) is 0 Å². The Balaban J connectivity index is 1.50. The monoisotopic (exact) mass is 485 g/mol. The van der Waals surface area contributed by atoms with Crippen LogP contribution < -0.4 is 10.9 Å². The molecule has 0 spiro atoms. The van der Waals surface area contributed by atoms with Gasteiger partial charge in [0.1, 0.15) is 23.8 Å². The minimum Gasteiger partial charge on any atom is -0.366 e. The number of rotatable bonds is 5. The molecule has 0 radical (unpaired) electrons. The number of Topliss-reactive ketones (excluding diaryl/α,β-unsaturated/α-hetero) is 1. The van der Waals surface area contributed by atoms with Gasteiger partial charge in [-0.1, -0.05) is 48.5 Å². The molecule has 174 valence electrons. The van der Waals surface area contributed by atoms with E-state index in [1.54, 1.807) is 77.5 Å². The fraction of sp³-hybridized carbons (Fsp3) is 0.0400. The Morgan fingerprint density at radius 2 is 1.71 bits per heavy atom. The number of fused-ring (bicyclic) bond motifs is 1. The Hall–Kier alpha value is -4.41. The van der Waals surface area contributed by atoms with E-state index >= 15 is 0 Å². The number of hydrogen-bond donors (Lipinski definition) is 2. The third-order valence-electron chi connectivity index (χ3n) is 5.76. The first-order valence-electron chi connectivity index (χ1n) is 10.5. The SMILES string of the molecule is NC(=O)c1cccc(-n2cnc3c2C(=O)C(c2ccc(-c4ccccc4S(N)(=O)=O)cc2)N=C3)c1. The van der Waals surface area contributed by atoms with Crippen LogP contribution in [-0.2, 0) is 10.0 Å². The van der Waals surface area contributed by atoms with Crippen molar-refractivity contribution in [3.63, 3.8) is 0 Å². The molecule has 3 aromatic carbocycles. The molecule has 0 aliphatic carbocycles. The van der Waals surface area contributed by atoms with E-state index in [9.17, 15) is 18.0 Å². The average Bonchev–Trinajstić information content (AvgIpc) is 3.29. The van der Waals surface area contributed by atoms with E-state index in [1.165, 1.54) is 12.4 Å². The molecule has 0 saturated heterocycles. The number of ketones is 1. The van der Waals surface area contributed by atoms with E-state index in [2.05, 4.69) is 9.98 Å². The molecule has 2 heterocycles. The van der Waals surface area contributed by atoms with Crippen LogP contribution in [0.15, 0.2) is 89.0 Å². The van der Waals surface area contributed by atoms with Gasteiger partial charge in [-0.25, -0.2) is 18.5 Å². The highest BCUT2D eigenvalue weighted by atomic mass is 32.2. The summed E-state index contributed by atoms with van der Waals surface area (Å²) < 4.78 is 25.5. The number of primary amides is 1. The van der Waals surface area contributed by atoms with Crippen LogP contribution in [-0.4, -0.2) is 35.9 Å². The number of benzene rings is 3. The molecule has 0 fully saturated rings. The zero-order valence-corrected chi connectivity index (χ0v) is 19.0. The van der Waals surface area contributed by atoms with Crippen LogP contribution in [0.25, 0.3) is 16.8 Å². The summed E-state index contributed by atoms with van der Waals surface area (Å²) >= 11 is 0. The minimum atomic E-state index is -3.90. The molecule has 1 aliphatic heterocycles. The normalized spacial score (nSPS) is 15.1. The highest BCUT2D eigenvalue weighted by Gasteiger charge is 2.31. The number of nitrogens with zero attached hydrogens (tertiary/aromatic N) is 3. The standard InChI is InChI=1S/C25H19N5O4S/c26-25(32)17-4-3-5-18(12-17)30-14-29-20-13-28-22(24(31)23(20)30)16-10-8-15(9-11-16)19-6-1-2-7-21(19)35(27,33)34/h1-14,22H,(H2,26,32)(H2,27,33,34). The molecule has 1 unspecified atom stereocenters. The lowest BCUT2D eigenvalue weighted by Gasteiger charge is -2.18. The highest BCUT2D eigenvalue weighted by molar-refractivity contribution is 7.89. The third-order valence-corrected chi connectivity index (χ3v) is 6.73. The second-order valence-corrected chi connectivity index (χ2v) is 9.50. The molecule has 9 nitrogen and oxygen atoms in total. The Kier molecular flexibility index (Phi) is 5.39. The maximum absolute atomic E-state index is 13.5. The van der Waals surface area contributed by atoms with Crippen LogP contribution in [0.5, 0.6) is 0 Å². The van der Waals surface area contributed by atoms with Crippen LogP contribution >= 0.6 is 0 Å². The first-order valence-corrected chi connectivity index (χ1v) is 12.1. The molecule has 4 N–H and O–H groups in total. The van der Waals surface area contributed by atoms with Crippen molar-refractivity contribution >= 4 is 27.9 Å². The number of aliphatic imine (C=N–C) groups is 1. The number of amides is 1. The molecule has 35 heavy (non-hydrogen) atoms. The zero-order chi connectivity index (χ0) is 24.7. The van der Waals surface area contributed by atoms with Gasteiger partial charge in [0.25, 0.3) is 0 Å². The quantitative estimate of drug-likeness (QED) is 0.445.